The molecule has 30 heavy (non-hydrogen) atoms. The summed E-state index contributed by atoms with van der Waals surface area (Å²) in [5.74, 6) is -1.99. The van der Waals surface area contributed by atoms with Crippen LogP contribution >= 0.6 is 0 Å². The topological polar surface area (TPSA) is 66.4 Å². The van der Waals surface area contributed by atoms with Crippen molar-refractivity contribution in [1.82, 2.24) is 5.32 Å². The first-order valence-electron chi connectivity index (χ1n) is 10.0. The standard InChI is InChI=1S/C26H27NO3/c1-26(2,3)21-16-14-20(15-17-21)24(28)27-23(25(29)30)22(18-10-6-4-7-11-18)19-12-8-5-9-13-19/h4-17,22-23H,1-3H3,(H,27,28)(H,29,30)/t23-/m0/s1. The molecular formula is C26H27NO3. The summed E-state index contributed by atoms with van der Waals surface area (Å²) in [6.45, 7) is 6.31. The summed E-state index contributed by atoms with van der Waals surface area (Å²) < 4.78 is 0. The Kier molecular flexibility index (Phi) is 6.36. The summed E-state index contributed by atoms with van der Waals surface area (Å²) in [6, 6.07) is 25.0. The van der Waals surface area contributed by atoms with Crippen molar-refractivity contribution >= 4 is 11.9 Å². The highest BCUT2D eigenvalue weighted by molar-refractivity contribution is 5.97. The zero-order valence-corrected chi connectivity index (χ0v) is 17.5. The van der Waals surface area contributed by atoms with Crippen LogP contribution in [0.4, 0.5) is 0 Å². The van der Waals surface area contributed by atoms with Gasteiger partial charge in [-0.3, -0.25) is 4.79 Å². The Labute approximate surface area is 177 Å². The Hall–Kier alpha value is -3.40. The molecule has 154 valence electrons. The van der Waals surface area contributed by atoms with E-state index in [1.54, 1.807) is 12.1 Å². The molecule has 0 spiro atoms. The molecule has 1 amide bonds. The van der Waals surface area contributed by atoms with Crippen molar-refractivity contribution in [3.05, 3.63) is 107 Å². The van der Waals surface area contributed by atoms with Crippen LogP contribution < -0.4 is 5.32 Å². The molecule has 0 heterocycles. The molecule has 3 aromatic carbocycles. The maximum Gasteiger partial charge on any atom is 0.327 e. The van der Waals surface area contributed by atoms with Crippen LogP contribution in [0.25, 0.3) is 0 Å². The Bertz CT molecular complexity index is 950. The number of carbonyl (C=O) groups excluding carboxylic acids is 1. The highest BCUT2D eigenvalue weighted by Crippen LogP contribution is 2.29. The smallest absolute Gasteiger partial charge is 0.327 e. The van der Waals surface area contributed by atoms with Crippen LogP contribution in [0.1, 0.15) is 53.7 Å². The van der Waals surface area contributed by atoms with Crippen molar-refractivity contribution in [3.8, 4) is 0 Å². The van der Waals surface area contributed by atoms with Crippen LogP contribution in [0.5, 0.6) is 0 Å². The second-order valence-electron chi connectivity index (χ2n) is 8.42. The van der Waals surface area contributed by atoms with Crippen molar-refractivity contribution in [2.24, 2.45) is 0 Å². The normalized spacial score (nSPS) is 12.4. The summed E-state index contributed by atoms with van der Waals surface area (Å²) in [5, 5.41) is 12.7. The molecule has 4 heteroatoms. The third kappa shape index (κ3) is 4.95. The van der Waals surface area contributed by atoms with Crippen molar-refractivity contribution in [1.29, 1.82) is 0 Å². The fraction of sp³-hybridized carbons (Fsp3) is 0.231. The summed E-state index contributed by atoms with van der Waals surface area (Å²) in [5.41, 5.74) is 3.19. The minimum Gasteiger partial charge on any atom is -0.480 e. The molecule has 0 saturated carbocycles. The van der Waals surface area contributed by atoms with Gasteiger partial charge in [0, 0.05) is 11.5 Å². The lowest BCUT2D eigenvalue weighted by Crippen LogP contribution is -2.45. The Morgan fingerprint density at radius 2 is 1.23 bits per heavy atom. The zero-order chi connectivity index (χ0) is 21.7. The number of carbonyl (C=O) groups is 2. The van der Waals surface area contributed by atoms with E-state index in [9.17, 15) is 14.7 Å². The monoisotopic (exact) mass is 401 g/mol. The largest absolute Gasteiger partial charge is 0.480 e. The second kappa shape index (κ2) is 8.95. The molecule has 3 rings (SSSR count). The molecule has 4 nitrogen and oxygen atoms in total. The summed E-state index contributed by atoms with van der Waals surface area (Å²) >= 11 is 0. The molecule has 0 aromatic heterocycles. The van der Waals surface area contributed by atoms with E-state index in [0.717, 1.165) is 16.7 Å². The maximum absolute atomic E-state index is 12.9. The quantitative estimate of drug-likeness (QED) is 0.611. The van der Waals surface area contributed by atoms with Gasteiger partial charge in [0.05, 0.1) is 0 Å². The number of carboxylic acid groups (broad SMARTS) is 1. The van der Waals surface area contributed by atoms with Gasteiger partial charge in [0.2, 0.25) is 0 Å². The van der Waals surface area contributed by atoms with Crippen molar-refractivity contribution in [2.45, 2.75) is 38.1 Å². The van der Waals surface area contributed by atoms with E-state index in [0.29, 0.717) is 5.56 Å². The number of nitrogens with one attached hydrogen (secondary N) is 1. The minimum atomic E-state index is -1.11. The molecule has 0 aliphatic carbocycles. The zero-order valence-electron chi connectivity index (χ0n) is 17.5. The molecule has 0 fully saturated rings. The minimum absolute atomic E-state index is 0.0235. The fourth-order valence-electron chi connectivity index (χ4n) is 3.53. The summed E-state index contributed by atoms with van der Waals surface area (Å²) in [7, 11) is 0. The third-order valence-electron chi connectivity index (χ3n) is 5.22. The molecule has 0 bridgehead atoms. The van der Waals surface area contributed by atoms with Gasteiger partial charge in [-0.2, -0.15) is 0 Å². The molecule has 3 aromatic rings. The predicted octanol–water partition coefficient (Wildman–Crippen LogP) is 5.00. The van der Waals surface area contributed by atoms with E-state index in [1.165, 1.54) is 0 Å². The van der Waals surface area contributed by atoms with E-state index >= 15 is 0 Å². The molecule has 2 N–H and O–H groups in total. The first-order valence-corrected chi connectivity index (χ1v) is 10.0. The first-order chi connectivity index (χ1) is 14.3. The molecule has 0 aliphatic rings. The number of rotatable bonds is 6. The van der Waals surface area contributed by atoms with Gasteiger partial charge in [0.15, 0.2) is 0 Å². The molecular weight excluding hydrogens is 374 g/mol. The van der Waals surface area contributed by atoms with Crippen molar-refractivity contribution < 1.29 is 14.7 Å². The lowest BCUT2D eigenvalue weighted by Gasteiger charge is -2.26. The van der Waals surface area contributed by atoms with E-state index < -0.39 is 23.8 Å². The maximum atomic E-state index is 12.9. The van der Waals surface area contributed by atoms with E-state index in [2.05, 4.69) is 26.1 Å². The number of aliphatic carboxylic acids is 1. The molecule has 0 saturated heterocycles. The lowest BCUT2D eigenvalue weighted by molar-refractivity contribution is -0.139. The van der Waals surface area contributed by atoms with Crippen molar-refractivity contribution in [2.75, 3.05) is 0 Å². The molecule has 0 radical (unpaired) electrons. The van der Waals surface area contributed by atoms with Gasteiger partial charge in [-0.05, 0) is 34.2 Å². The fourth-order valence-corrected chi connectivity index (χ4v) is 3.53. The third-order valence-corrected chi connectivity index (χ3v) is 5.22. The number of benzene rings is 3. The van der Waals surface area contributed by atoms with Crippen LogP contribution in [0.15, 0.2) is 84.9 Å². The summed E-state index contributed by atoms with van der Waals surface area (Å²) in [6.07, 6.45) is 0. The second-order valence-corrected chi connectivity index (χ2v) is 8.42. The van der Waals surface area contributed by atoms with Gasteiger partial charge in [-0.15, -0.1) is 0 Å². The van der Waals surface area contributed by atoms with Gasteiger partial charge in [-0.1, -0.05) is 93.6 Å². The van der Waals surface area contributed by atoms with Crippen LogP contribution in [0.3, 0.4) is 0 Å². The number of hydrogen-bond donors (Lipinski definition) is 2. The Morgan fingerprint density at radius 1 is 0.767 bits per heavy atom. The van der Waals surface area contributed by atoms with Gasteiger partial charge >= 0.3 is 5.97 Å². The van der Waals surface area contributed by atoms with Crippen LogP contribution in [-0.2, 0) is 10.2 Å². The van der Waals surface area contributed by atoms with Gasteiger partial charge in [0.1, 0.15) is 6.04 Å². The predicted molar refractivity (Wildman–Crippen MR) is 119 cm³/mol. The van der Waals surface area contributed by atoms with E-state index in [1.807, 2.05) is 72.8 Å². The van der Waals surface area contributed by atoms with Gasteiger partial charge in [0.25, 0.3) is 5.91 Å². The van der Waals surface area contributed by atoms with Crippen LogP contribution in [-0.4, -0.2) is 23.0 Å². The Balaban J connectivity index is 1.93. The van der Waals surface area contributed by atoms with Crippen LogP contribution in [0.2, 0.25) is 0 Å². The van der Waals surface area contributed by atoms with E-state index in [-0.39, 0.29) is 5.41 Å². The highest BCUT2D eigenvalue weighted by atomic mass is 16.4. The first kappa shape index (κ1) is 21.3. The van der Waals surface area contributed by atoms with Crippen LogP contribution in [0, 0.1) is 0 Å². The summed E-state index contributed by atoms with van der Waals surface area (Å²) in [4.78, 5) is 25.1. The molecule has 0 aliphatic heterocycles. The lowest BCUT2D eigenvalue weighted by atomic mass is 9.84. The molecule has 1 atom stereocenters. The van der Waals surface area contributed by atoms with E-state index in [4.69, 9.17) is 0 Å². The number of amides is 1. The average molecular weight is 402 g/mol. The number of hydrogen-bond acceptors (Lipinski definition) is 2. The average Bonchev–Trinajstić information content (AvgIpc) is 2.74. The van der Waals surface area contributed by atoms with Gasteiger partial charge in [-0.25, -0.2) is 4.79 Å². The van der Waals surface area contributed by atoms with Gasteiger partial charge < -0.3 is 10.4 Å². The van der Waals surface area contributed by atoms with Crippen molar-refractivity contribution in [3.63, 3.8) is 0 Å². The Morgan fingerprint density at radius 3 is 1.63 bits per heavy atom. The molecule has 0 unspecified atom stereocenters. The SMILES string of the molecule is CC(C)(C)c1ccc(C(=O)N[C@H](C(=O)O)C(c2ccccc2)c2ccccc2)cc1. The number of carboxylic acids is 1. The highest BCUT2D eigenvalue weighted by Gasteiger charge is 2.32.